The Morgan fingerprint density at radius 1 is 1.30 bits per heavy atom. The van der Waals surface area contributed by atoms with Crippen molar-refractivity contribution in [1.82, 2.24) is 14.8 Å². The fourth-order valence-electron chi connectivity index (χ4n) is 3.48. The molecule has 0 saturated heterocycles. The van der Waals surface area contributed by atoms with E-state index >= 15 is 0 Å². The Morgan fingerprint density at radius 2 is 2.09 bits per heavy atom. The molecule has 0 fully saturated rings. The van der Waals surface area contributed by atoms with Crippen molar-refractivity contribution in [3.05, 3.63) is 52.3 Å². The molecule has 9 heteroatoms. The van der Waals surface area contributed by atoms with Crippen LogP contribution in [0.5, 0.6) is 5.88 Å². The molecule has 0 radical (unpaired) electrons. The van der Waals surface area contributed by atoms with Crippen LogP contribution in [-0.4, -0.2) is 41.0 Å². The van der Waals surface area contributed by atoms with Gasteiger partial charge in [0.1, 0.15) is 0 Å². The first kappa shape index (κ1) is 24.6. The van der Waals surface area contributed by atoms with Crippen molar-refractivity contribution >= 4 is 33.3 Å². The molecule has 33 heavy (non-hydrogen) atoms. The lowest BCUT2D eigenvalue weighted by atomic mass is 10.1. The van der Waals surface area contributed by atoms with Gasteiger partial charge >= 0.3 is 5.97 Å². The van der Waals surface area contributed by atoms with Gasteiger partial charge in [0.2, 0.25) is 5.88 Å². The predicted molar refractivity (Wildman–Crippen MR) is 133 cm³/mol. The number of ether oxygens (including phenoxy) is 2. The molecule has 0 unspecified atom stereocenters. The second kappa shape index (κ2) is 11.2. The highest BCUT2D eigenvalue weighted by atomic mass is 79.9. The van der Waals surface area contributed by atoms with Crippen LogP contribution in [0.15, 0.2) is 41.0 Å². The minimum absolute atomic E-state index is 0.402. The SMILES string of the molecule is COC(=O)c1cc(C)nc(-c2cnn(C)c2OCCC[C@@H](C)CNc2cc(Br)ccc2N)c1. The minimum atomic E-state index is -0.402. The zero-order valence-corrected chi connectivity index (χ0v) is 21.0. The predicted octanol–water partition coefficient (Wildman–Crippen LogP) is 4.83. The number of halogens is 1. The van der Waals surface area contributed by atoms with Gasteiger partial charge in [-0.05, 0) is 56.0 Å². The smallest absolute Gasteiger partial charge is 0.337 e. The Kier molecular flexibility index (Phi) is 8.32. The van der Waals surface area contributed by atoms with E-state index in [0.717, 1.165) is 46.5 Å². The standard InChI is InChI=1S/C24H30BrN5O3/c1-15(13-27-22-12-18(25)7-8-20(22)26)6-5-9-33-23-19(14-28-30(23)3)21-11-17(24(31)32-4)10-16(2)29-21/h7-8,10-12,14-15,27H,5-6,9,13,26H2,1-4H3/t15-/m1/s1. The molecule has 0 saturated carbocycles. The molecule has 0 aliphatic carbocycles. The van der Waals surface area contributed by atoms with E-state index < -0.39 is 5.97 Å². The topological polar surface area (TPSA) is 104 Å². The lowest BCUT2D eigenvalue weighted by Crippen LogP contribution is -2.14. The summed E-state index contributed by atoms with van der Waals surface area (Å²) in [7, 11) is 3.19. The highest BCUT2D eigenvalue weighted by Gasteiger charge is 2.17. The lowest BCUT2D eigenvalue weighted by Gasteiger charge is -2.16. The molecule has 176 valence electrons. The van der Waals surface area contributed by atoms with Crippen LogP contribution in [-0.2, 0) is 11.8 Å². The molecular weight excluding hydrogens is 486 g/mol. The number of anilines is 2. The third-order valence-corrected chi connectivity index (χ3v) is 5.76. The van der Waals surface area contributed by atoms with E-state index in [1.165, 1.54) is 7.11 Å². The summed E-state index contributed by atoms with van der Waals surface area (Å²) < 4.78 is 13.6. The molecule has 0 bridgehead atoms. The summed E-state index contributed by atoms with van der Waals surface area (Å²) in [6.07, 6.45) is 3.58. The number of benzene rings is 1. The number of carbonyl (C=O) groups is 1. The molecule has 8 nitrogen and oxygen atoms in total. The molecule has 0 spiro atoms. The molecule has 1 atom stereocenters. The first-order valence-corrected chi connectivity index (χ1v) is 11.6. The number of nitrogens with two attached hydrogens (primary N) is 1. The van der Waals surface area contributed by atoms with Crippen molar-refractivity contribution in [3.8, 4) is 17.1 Å². The first-order valence-electron chi connectivity index (χ1n) is 10.8. The zero-order chi connectivity index (χ0) is 24.0. The number of nitrogens with one attached hydrogen (secondary N) is 1. The van der Waals surface area contributed by atoms with E-state index in [1.807, 2.05) is 32.2 Å². The van der Waals surface area contributed by atoms with Crippen LogP contribution in [0.3, 0.4) is 0 Å². The van der Waals surface area contributed by atoms with Crippen LogP contribution in [0.25, 0.3) is 11.3 Å². The number of nitrogens with zero attached hydrogens (tertiary/aromatic N) is 3. The van der Waals surface area contributed by atoms with Crippen molar-refractivity contribution in [2.75, 3.05) is 31.3 Å². The molecule has 3 rings (SSSR count). The van der Waals surface area contributed by atoms with E-state index in [2.05, 4.69) is 38.3 Å². The fraction of sp³-hybridized carbons (Fsp3) is 0.375. The number of aryl methyl sites for hydroxylation is 2. The number of hydrogen-bond acceptors (Lipinski definition) is 7. The molecule has 3 N–H and O–H groups in total. The van der Waals surface area contributed by atoms with Crippen LogP contribution in [0.1, 0.15) is 35.8 Å². The molecule has 2 heterocycles. The van der Waals surface area contributed by atoms with Gasteiger partial charge in [0.15, 0.2) is 0 Å². The van der Waals surface area contributed by atoms with Gasteiger partial charge in [0.05, 0.1) is 48.1 Å². The van der Waals surface area contributed by atoms with Crippen molar-refractivity contribution in [2.45, 2.75) is 26.7 Å². The highest BCUT2D eigenvalue weighted by Crippen LogP contribution is 2.29. The molecule has 1 aromatic carbocycles. The number of aromatic nitrogens is 3. The fourth-order valence-corrected chi connectivity index (χ4v) is 3.84. The molecule has 2 aromatic heterocycles. The van der Waals surface area contributed by atoms with Crippen molar-refractivity contribution in [1.29, 1.82) is 0 Å². The summed E-state index contributed by atoms with van der Waals surface area (Å²) >= 11 is 3.47. The van der Waals surface area contributed by atoms with Gasteiger partial charge in [-0.25, -0.2) is 9.48 Å². The number of pyridine rings is 1. The van der Waals surface area contributed by atoms with Gasteiger partial charge in [-0.15, -0.1) is 0 Å². The molecular formula is C24H30BrN5O3. The number of carbonyl (C=O) groups excluding carboxylic acids is 1. The van der Waals surface area contributed by atoms with Gasteiger partial charge in [0.25, 0.3) is 0 Å². The number of rotatable bonds is 10. The monoisotopic (exact) mass is 515 g/mol. The Morgan fingerprint density at radius 3 is 2.85 bits per heavy atom. The third kappa shape index (κ3) is 6.47. The largest absolute Gasteiger partial charge is 0.477 e. The summed E-state index contributed by atoms with van der Waals surface area (Å²) in [6, 6.07) is 9.19. The number of hydrogen-bond donors (Lipinski definition) is 2. The first-order chi connectivity index (χ1) is 15.8. The number of nitrogen functional groups attached to an aromatic ring is 1. The second-order valence-electron chi connectivity index (χ2n) is 8.07. The Bertz CT molecular complexity index is 1120. The Labute approximate surface area is 202 Å². The molecule has 0 aliphatic heterocycles. The summed E-state index contributed by atoms with van der Waals surface area (Å²) in [5.74, 6) is 0.663. The van der Waals surface area contributed by atoms with Gasteiger partial charge in [-0.2, -0.15) is 5.10 Å². The van der Waals surface area contributed by atoms with Gasteiger partial charge in [0, 0.05) is 23.8 Å². The van der Waals surface area contributed by atoms with E-state index in [-0.39, 0.29) is 0 Å². The number of methoxy groups -OCH3 is 1. The van der Waals surface area contributed by atoms with Crippen LogP contribution < -0.4 is 15.8 Å². The summed E-state index contributed by atoms with van der Waals surface area (Å²) in [5.41, 5.74) is 10.2. The Balaban J connectivity index is 1.56. The van der Waals surface area contributed by atoms with Gasteiger partial charge in [-0.3, -0.25) is 4.98 Å². The van der Waals surface area contributed by atoms with Crippen molar-refractivity contribution in [3.63, 3.8) is 0 Å². The second-order valence-corrected chi connectivity index (χ2v) is 8.99. The van der Waals surface area contributed by atoms with E-state index in [4.69, 9.17) is 15.2 Å². The zero-order valence-electron chi connectivity index (χ0n) is 19.4. The molecule has 0 amide bonds. The summed E-state index contributed by atoms with van der Waals surface area (Å²) in [6.45, 7) is 5.40. The molecule has 0 aliphatic rings. The van der Waals surface area contributed by atoms with Gasteiger partial charge in [-0.1, -0.05) is 22.9 Å². The van der Waals surface area contributed by atoms with Crippen molar-refractivity contribution in [2.24, 2.45) is 13.0 Å². The maximum Gasteiger partial charge on any atom is 0.337 e. The van der Waals surface area contributed by atoms with E-state index in [0.29, 0.717) is 29.7 Å². The average Bonchev–Trinajstić information content (AvgIpc) is 3.16. The number of esters is 1. The molecule has 3 aromatic rings. The summed E-state index contributed by atoms with van der Waals surface area (Å²) in [5, 5.41) is 7.74. The lowest BCUT2D eigenvalue weighted by molar-refractivity contribution is 0.0600. The maximum absolute atomic E-state index is 12.0. The quantitative estimate of drug-likeness (QED) is 0.226. The van der Waals surface area contributed by atoms with Crippen molar-refractivity contribution < 1.29 is 14.3 Å². The maximum atomic E-state index is 12.0. The normalized spacial score (nSPS) is 11.8. The van der Waals surface area contributed by atoms with Crippen LogP contribution in [0.4, 0.5) is 11.4 Å². The highest BCUT2D eigenvalue weighted by molar-refractivity contribution is 9.10. The minimum Gasteiger partial charge on any atom is -0.477 e. The summed E-state index contributed by atoms with van der Waals surface area (Å²) in [4.78, 5) is 16.5. The van der Waals surface area contributed by atoms with Gasteiger partial charge < -0.3 is 20.5 Å². The van der Waals surface area contributed by atoms with E-state index in [1.54, 1.807) is 23.0 Å². The Hall–Kier alpha value is -3.07. The van der Waals surface area contributed by atoms with Crippen LogP contribution in [0.2, 0.25) is 0 Å². The van der Waals surface area contributed by atoms with Crippen LogP contribution >= 0.6 is 15.9 Å². The van der Waals surface area contributed by atoms with Crippen LogP contribution in [0, 0.1) is 12.8 Å². The third-order valence-electron chi connectivity index (χ3n) is 5.27. The average molecular weight is 516 g/mol. The van der Waals surface area contributed by atoms with E-state index in [9.17, 15) is 4.79 Å².